The highest BCUT2D eigenvalue weighted by Crippen LogP contribution is 2.07. The average Bonchev–Trinajstić information content (AvgIpc) is 2.89. The van der Waals surface area contributed by atoms with E-state index in [9.17, 15) is 0 Å². The molecule has 4 heteroatoms. The van der Waals surface area contributed by atoms with Crippen LogP contribution in [-0.2, 0) is 6.42 Å². The number of aromatic nitrogens is 1. The number of hydrogen-bond donors (Lipinski definition) is 1. The Kier molecular flexibility index (Phi) is 4.96. The Balaban J connectivity index is 1.64. The molecule has 0 saturated carbocycles. The lowest BCUT2D eigenvalue weighted by atomic mass is 10.2. The molecule has 2 rings (SSSR count). The van der Waals surface area contributed by atoms with Crippen molar-refractivity contribution in [3.05, 3.63) is 24.0 Å². The first-order chi connectivity index (χ1) is 8.74. The molecule has 0 atom stereocenters. The van der Waals surface area contributed by atoms with Crippen LogP contribution >= 0.6 is 0 Å². The lowest BCUT2D eigenvalue weighted by Crippen LogP contribution is -2.32. The van der Waals surface area contributed by atoms with Crippen molar-refractivity contribution < 1.29 is 0 Å². The van der Waals surface area contributed by atoms with Gasteiger partial charge in [0.1, 0.15) is 0 Å². The van der Waals surface area contributed by atoms with Crippen LogP contribution in [0.5, 0.6) is 0 Å². The normalized spacial score (nSPS) is 16.6. The molecule has 1 aromatic heterocycles. The highest BCUT2D eigenvalue weighted by atomic mass is 15.2. The van der Waals surface area contributed by atoms with Crippen molar-refractivity contribution in [2.75, 3.05) is 45.5 Å². The molecule has 0 aliphatic carbocycles. The smallest absolute Gasteiger partial charge is 0.0501 e. The average molecular weight is 248 g/mol. The van der Waals surface area contributed by atoms with E-state index < -0.39 is 0 Å². The van der Waals surface area contributed by atoms with Gasteiger partial charge in [0.05, 0.1) is 11.9 Å². The fourth-order valence-electron chi connectivity index (χ4n) is 2.32. The van der Waals surface area contributed by atoms with Crippen molar-refractivity contribution in [3.8, 4) is 0 Å². The summed E-state index contributed by atoms with van der Waals surface area (Å²) in [5, 5.41) is 0. The van der Waals surface area contributed by atoms with Crippen LogP contribution in [0.3, 0.4) is 0 Å². The van der Waals surface area contributed by atoms with E-state index in [2.05, 4.69) is 21.8 Å². The molecule has 0 bridgehead atoms. The van der Waals surface area contributed by atoms with Crippen LogP contribution in [0.1, 0.15) is 18.5 Å². The number of pyridine rings is 1. The molecule has 1 aliphatic heterocycles. The van der Waals surface area contributed by atoms with E-state index in [0.29, 0.717) is 0 Å². The standard InChI is InChI=1S/C14H24N4/c1-17(10-11-18-7-2-3-8-18)9-6-14-5-4-13(15)12-16-14/h4-5,12H,2-3,6-11,15H2,1H3. The third-order valence-electron chi connectivity index (χ3n) is 3.59. The van der Waals surface area contributed by atoms with Crippen LogP contribution in [0.4, 0.5) is 5.69 Å². The summed E-state index contributed by atoms with van der Waals surface area (Å²) in [7, 11) is 2.19. The summed E-state index contributed by atoms with van der Waals surface area (Å²) >= 11 is 0. The number of nitrogens with two attached hydrogens (primary N) is 1. The van der Waals surface area contributed by atoms with Crippen LogP contribution in [0, 0.1) is 0 Å². The summed E-state index contributed by atoms with van der Waals surface area (Å²) in [5.74, 6) is 0. The largest absolute Gasteiger partial charge is 0.397 e. The van der Waals surface area contributed by atoms with Gasteiger partial charge in [-0.25, -0.2) is 0 Å². The van der Waals surface area contributed by atoms with Gasteiger partial charge < -0.3 is 15.5 Å². The van der Waals surface area contributed by atoms with Crippen LogP contribution in [-0.4, -0.2) is 54.6 Å². The van der Waals surface area contributed by atoms with Gasteiger partial charge in [0.2, 0.25) is 0 Å². The first-order valence-corrected chi connectivity index (χ1v) is 6.85. The summed E-state index contributed by atoms with van der Waals surface area (Å²) < 4.78 is 0. The Labute approximate surface area is 110 Å². The number of likely N-dealkylation sites (tertiary alicyclic amines) is 1. The van der Waals surface area contributed by atoms with E-state index in [1.807, 2.05) is 12.1 Å². The lowest BCUT2D eigenvalue weighted by Gasteiger charge is -2.21. The number of hydrogen-bond acceptors (Lipinski definition) is 4. The van der Waals surface area contributed by atoms with Gasteiger partial charge in [-0.05, 0) is 45.1 Å². The van der Waals surface area contributed by atoms with Gasteiger partial charge in [0.25, 0.3) is 0 Å². The maximum Gasteiger partial charge on any atom is 0.0501 e. The maximum atomic E-state index is 5.62. The SMILES string of the molecule is CN(CCc1ccc(N)cn1)CCN1CCCC1. The van der Waals surface area contributed by atoms with Crippen LogP contribution in [0.15, 0.2) is 18.3 Å². The fraction of sp³-hybridized carbons (Fsp3) is 0.643. The molecular formula is C14H24N4. The highest BCUT2D eigenvalue weighted by Gasteiger charge is 2.11. The van der Waals surface area contributed by atoms with E-state index in [0.717, 1.165) is 30.9 Å². The van der Waals surface area contributed by atoms with Crippen LogP contribution in [0.2, 0.25) is 0 Å². The van der Waals surface area contributed by atoms with Gasteiger partial charge in [0, 0.05) is 31.7 Å². The molecule has 1 saturated heterocycles. The molecule has 0 amide bonds. The summed E-state index contributed by atoms with van der Waals surface area (Å²) in [5.41, 5.74) is 7.48. The highest BCUT2D eigenvalue weighted by molar-refractivity contribution is 5.34. The second-order valence-electron chi connectivity index (χ2n) is 5.18. The third kappa shape index (κ3) is 4.27. The molecule has 0 spiro atoms. The minimum Gasteiger partial charge on any atom is -0.397 e. The second-order valence-corrected chi connectivity index (χ2v) is 5.18. The van der Waals surface area contributed by atoms with Crippen LogP contribution < -0.4 is 5.73 Å². The third-order valence-corrected chi connectivity index (χ3v) is 3.59. The Morgan fingerprint density at radius 2 is 2.06 bits per heavy atom. The van der Waals surface area contributed by atoms with E-state index in [1.54, 1.807) is 6.20 Å². The predicted octanol–water partition coefficient (Wildman–Crippen LogP) is 1.23. The van der Waals surface area contributed by atoms with E-state index in [1.165, 1.54) is 32.5 Å². The summed E-state index contributed by atoms with van der Waals surface area (Å²) in [4.78, 5) is 9.26. The molecule has 1 aromatic rings. The minimum atomic E-state index is 0.737. The summed E-state index contributed by atoms with van der Waals surface area (Å²) in [6.45, 7) is 5.98. The van der Waals surface area contributed by atoms with Gasteiger partial charge in [-0.1, -0.05) is 0 Å². The molecule has 0 aromatic carbocycles. The Morgan fingerprint density at radius 3 is 2.72 bits per heavy atom. The molecule has 1 fully saturated rings. The summed E-state index contributed by atoms with van der Waals surface area (Å²) in [6, 6.07) is 3.94. The molecule has 2 heterocycles. The molecule has 18 heavy (non-hydrogen) atoms. The fourth-order valence-corrected chi connectivity index (χ4v) is 2.32. The van der Waals surface area contributed by atoms with Crippen molar-refractivity contribution in [2.24, 2.45) is 0 Å². The van der Waals surface area contributed by atoms with Crippen molar-refractivity contribution in [2.45, 2.75) is 19.3 Å². The minimum absolute atomic E-state index is 0.737. The predicted molar refractivity (Wildman–Crippen MR) is 75.5 cm³/mol. The Bertz CT molecular complexity index is 343. The van der Waals surface area contributed by atoms with Gasteiger partial charge in [-0.2, -0.15) is 0 Å². The topological polar surface area (TPSA) is 45.4 Å². The monoisotopic (exact) mass is 248 g/mol. The van der Waals surface area contributed by atoms with Crippen molar-refractivity contribution in [1.82, 2.24) is 14.8 Å². The van der Waals surface area contributed by atoms with E-state index in [-0.39, 0.29) is 0 Å². The Morgan fingerprint density at radius 1 is 1.28 bits per heavy atom. The number of nitrogen functional groups attached to an aromatic ring is 1. The number of likely N-dealkylation sites (N-methyl/N-ethyl adjacent to an activating group) is 1. The van der Waals surface area contributed by atoms with Gasteiger partial charge >= 0.3 is 0 Å². The molecule has 0 unspecified atom stereocenters. The molecule has 4 nitrogen and oxygen atoms in total. The number of nitrogens with zero attached hydrogens (tertiary/aromatic N) is 3. The quantitative estimate of drug-likeness (QED) is 0.822. The lowest BCUT2D eigenvalue weighted by molar-refractivity contribution is 0.258. The van der Waals surface area contributed by atoms with E-state index in [4.69, 9.17) is 5.73 Å². The van der Waals surface area contributed by atoms with Gasteiger partial charge in [-0.3, -0.25) is 4.98 Å². The van der Waals surface area contributed by atoms with E-state index >= 15 is 0 Å². The molecule has 1 aliphatic rings. The zero-order chi connectivity index (χ0) is 12.8. The van der Waals surface area contributed by atoms with Gasteiger partial charge in [0.15, 0.2) is 0 Å². The van der Waals surface area contributed by atoms with Crippen molar-refractivity contribution in [3.63, 3.8) is 0 Å². The molecular weight excluding hydrogens is 224 g/mol. The summed E-state index contributed by atoms with van der Waals surface area (Å²) in [6.07, 6.45) is 5.48. The number of anilines is 1. The van der Waals surface area contributed by atoms with Crippen molar-refractivity contribution in [1.29, 1.82) is 0 Å². The first kappa shape index (κ1) is 13.3. The molecule has 0 radical (unpaired) electrons. The molecule has 2 N–H and O–H groups in total. The zero-order valence-corrected chi connectivity index (χ0v) is 11.3. The van der Waals surface area contributed by atoms with Crippen LogP contribution in [0.25, 0.3) is 0 Å². The van der Waals surface area contributed by atoms with Crippen molar-refractivity contribution >= 4 is 5.69 Å². The Hall–Kier alpha value is -1.13. The molecule has 100 valence electrons. The second kappa shape index (κ2) is 6.71. The first-order valence-electron chi connectivity index (χ1n) is 6.85. The maximum absolute atomic E-state index is 5.62. The van der Waals surface area contributed by atoms with Gasteiger partial charge in [-0.15, -0.1) is 0 Å². The number of rotatable bonds is 6. The zero-order valence-electron chi connectivity index (χ0n) is 11.3.